The largest absolute Gasteiger partial charge is 0.248 e. The molecule has 10 rings (SSSR count). The van der Waals surface area contributed by atoms with E-state index in [1.165, 1.54) is 21.5 Å². The van der Waals surface area contributed by atoms with Crippen molar-refractivity contribution in [3.8, 4) is 56.5 Å². The summed E-state index contributed by atoms with van der Waals surface area (Å²) in [6.45, 7) is 0. The Bertz CT molecular complexity index is 2870. The molecule has 0 aliphatic carbocycles. The molecule has 0 fully saturated rings. The van der Waals surface area contributed by atoms with Gasteiger partial charge in [-0.2, -0.15) is 0 Å². The van der Waals surface area contributed by atoms with Crippen LogP contribution in [0.3, 0.4) is 0 Å². The van der Waals surface area contributed by atoms with Crippen LogP contribution in [-0.2, 0) is 0 Å². The molecule has 2 heterocycles. The molecule has 242 valence electrons. The van der Waals surface area contributed by atoms with Crippen molar-refractivity contribution < 1.29 is 0 Å². The molecule has 4 nitrogen and oxygen atoms in total. The highest BCUT2D eigenvalue weighted by Gasteiger charge is 2.17. The van der Waals surface area contributed by atoms with Crippen molar-refractivity contribution in [3.05, 3.63) is 182 Å². The van der Waals surface area contributed by atoms with Gasteiger partial charge in [0, 0.05) is 27.6 Å². The Kier molecular flexibility index (Phi) is 7.10. The second kappa shape index (κ2) is 12.4. The molecule has 0 radical (unpaired) electrons. The molecular formula is C48H30N4. The molecule has 0 amide bonds. The summed E-state index contributed by atoms with van der Waals surface area (Å²) >= 11 is 0. The van der Waals surface area contributed by atoms with Crippen molar-refractivity contribution in [2.45, 2.75) is 0 Å². The van der Waals surface area contributed by atoms with Crippen LogP contribution in [0.4, 0.5) is 0 Å². The fourth-order valence-corrected chi connectivity index (χ4v) is 7.24. The van der Waals surface area contributed by atoms with E-state index in [0.29, 0.717) is 17.5 Å². The summed E-state index contributed by atoms with van der Waals surface area (Å²) in [5, 5.41) is 8.11. The molecule has 0 spiro atoms. The number of hydrogen-bond donors (Lipinski definition) is 0. The molecule has 0 saturated carbocycles. The highest BCUT2D eigenvalue weighted by molar-refractivity contribution is 6.14. The Morgan fingerprint density at radius 1 is 0.288 bits per heavy atom. The number of fused-ring (bicyclic) bond motifs is 5. The van der Waals surface area contributed by atoms with Gasteiger partial charge in [0.05, 0.1) is 11.2 Å². The summed E-state index contributed by atoms with van der Waals surface area (Å²) < 4.78 is 0. The van der Waals surface area contributed by atoms with E-state index in [0.717, 1.165) is 60.8 Å². The highest BCUT2D eigenvalue weighted by atomic mass is 15.0. The average Bonchev–Trinajstić information content (AvgIpc) is 3.23. The van der Waals surface area contributed by atoms with Crippen molar-refractivity contribution in [1.82, 2.24) is 19.9 Å². The molecule has 4 heteroatoms. The first-order chi connectivity index (χ1) is 25.7. The fourth-order valence-electron chi connectivity index (χ4n) is 7.24. The topological polar surface area (TPSA) is 51.6 Å². The zero-order chi connectivity index (χ0) is 34.4. The van der Waals surface area contributed by atoms with E-state index < -0.39 is 0 Å². The van der Waals surface area contributed by atoms with Gasteiger partial charge in [0.25, 0.3) is 0 Å². The van der Waals surface area contributed by atoms with Crippen molar-refractivity contribution >= 4 is 43.2 Å². The van der Waals surface area contributed by atoms with Crippen LogP contribution in [0.2, 0.25) is 0 Å². The second-order valence-electron chi connectivity index (χ2n) is 13.1. The van der Waals surface area contributed by atoms with Crippen LogP contribution in [0.25, 0.3) is 99.8 Å². The van der Waals surface area contributed by atoms with Gasteiger partial charge in [-0.1, -0.05) is 152 Å². The van der Waals surface area contributed by atoms with E-state index >= 15 is 0 Å². The minimum atomic E-state index is 0.620. The molecule has 2 aromatic heterocycles. The maximum atomic E-state index is 5.16. The van der Waals surface area contributed by atoms with Gasteiger partial charge in [-0.05, 0) is 73.8 Å². The van der Waals surface area contributed by atoms with Crippen LogP contribution in [0.15, 0.2) is 182 Å². The number of nitrogens with zero attached hydrogens (tertiary/aromatic N) is 4. The third-order valence-electron chi connectivity index (χ3n) is 9.85. The Morgan fingerprint density at radius 3 is 1.44 bits per heavy atom. The van der Waals surface area contributed by atoms with Gasteiger partial charge in [0.15, 0.2) is 17.5 Å². The summed E-state index contributed by atoms with van der Waals surface area (Å²) in [5.41, 5.74) is 7.94. The zero-order valence-electron chi connectivity index (χ0n) is 28.1. The first-order valence-electron chi connectivity index (χ1n) is 17.5. The minimum absolute atomic E-state index is 0.620. The Balaban J connectivity index is 1.19. The standard InChI is InChI=1S/C48H30N4/c1-2-14-34(15-3-1)44-30-42(45-41-20-9-8-13-33(41)25-26-43(45)49-44)37-18-10-19-38(29-37)46-50-47(39-23-21-31-11-4-6-16-35(31)27-39)52-48(51-46)40-24-22-32-12-5-7-17-36(32)28-40/h1-30H. The lowest BCUT2D eigenvalue weighted by molar-refractivity contribution is 1.08. The molecule has 52 heavy (non-hydrogen) atoms. The van der Waals surface area contributed by atoms with E-state index in [9.17, 15) is 0 Å². The Labute approximate surface area is 300 Å². The third-order valence-corrected chi connectivity index (χ3v) is 9.85. The van der Waals surface area contributed by atoms with Crippen LogP contribution in [-0.4, -0.2) is 19.9 Å². The maximum absolute atomic E-state index is 5.16. The lowest BCUT2D eigenvalue weighted by atomic mass is 9.93. The summed E-state index contributed by atoms with van der Waals surface area (Å²) in [6, 6.07) is 63.5. The number of rotatable bonds is 5. The fraction of sp³-hybridized carbons (Fsp3) is 0. The number of aromatic nitrogens is 4. The van der Waals surface area contributed by atoms with Gasteiger partial charge in [0.1, 0.15) is 0 Å². The normalized spacial score (nSPS) is 11.5. The van der Waals surface area contributed by atoms with Crippen LogP contribution in [0.1, 0.15) is 0 Å². The maximum Gasteiger partial charge on any atom is 0.164 e. The smallest absolute Gasteiger partial charge is 0.164 e. The van der Waals surface area contributed by atoms with E-state index in [1.54, 1.807) is 0 Å². The quantitative estimate of drug-likeness (QED) is 0.172. The van der Waals surface area contributed by atoms with Gasteiger partial charge < -0.3 is 0 Å². The van der Waals surface area contributed by atoms with Crippen LogP contribution in [0, 0.1) is 0 Å². The van der Waals surface area contributed by atoms with E-state index in [-0.39, 0.29) is 0 Å². The summed E-state index contributed by atoms with van der Waals surface area (Å²) in [4.78, 5) is 20.5. The Morgan fingerprint density at radius 2 is 0.788 bits per heavy atom. The van der Waals surface area contributed by atoms with Crippen molar-refractivity contribution in [2.24, 2.45) is 0 Å². The van der Waals surface area contributed by atoms with Crippen molar-refractivity contribution in [1.29, 1.82) is 0 Å². The SMILES string of the molecule is c1ccc(-c2cc(-c3cccc(-c4nc(-c5ccc6ccccc6c5)nc(-c5ccc6ccccc6c5)n4)c3)c3c(ccc4ccccc43)n2)cc1. The van der Waals surface area contributed by atoms with Gasteiger partial charge in [0.2, 0.25) is 0 Å². The third kappa shape index (κ3) is 5.34. The predicted molar refractivity (Wildman–Crippen MR) is 215 cm³/mol. The van der Waals surface area contributed by atoms with E-state index in [4.69, 9.17) is 19.9 Å². The average molecular weight is 663 g/mol. The van der Waals surface area contributed by atoms with Crippen molar-refractivity contribution in [3.63, 3.8) is 0 Å². The number of benzene rings is 8. The number of pyridine rings is 1. The Hall–Kier alpha value is -7.04. The second-order valence-corrected chi connectivity index (χ2v) is 13.1. The first kappa shape index (κ1) is 29.8. The highest BCUT2D eigenvalue weighted by Crippen LogP contribution is 2.38. The molecule has 8 aromatic carbocycles. The molecule has 0 aliphatic heterocycles. The molecule has 0 atom stereocenters. The lowest BCUT2D eigenvalue weighted by Gasteiger charge is -2.14. The molecule has 0 aliphatic rings. The van der Waals surface area contributed by atoms with Gasteiger partial charge in [-0.3, -0.25) is 0 Å². The van der Waals surface area contributed by atoms with Crippen LogP contribution < -0.4 is 0 Å². The summed E-state index contributed by atoms with van der Waals surface area (Å²) in [6.07, 6.45) is 0. The van der Waals surface area contributed by atoms with Gasteiger partial charge in [-0.25, -0.2) is 19.9 Å². The predicted octanol–water partition coefficient (Wildman–Crippen LogP) is 12.2. The van der Waals surface area contributed by atoms with Crippen molar-refractivity contribution in [2.75, 3.05) is 0 Å². The summed E-state index contributed by atoms with van der Waals surface area (Å²) in [7, 11) is 0. The number of hydrogen-bond acceptors (Lipinski definition) is 4. The van der Waals surface area contributed by atoms with Crippen LogP contribution in [0.5, 0.6) is 0 Å². The van der Waals surface area contributed by atoms with E-state index in [2.05, 4.69) is 176 Å². The van der Waals surface area contributed by atoms with Gasteiger partial charge in [-0.15, -0.1) is 0 Å². The molecular weight excluding hydrogens is 633 g/mol. The molecule has 0 bridgehead atoms. The van der Waals surface area contributed by atoms with Crippen LogP contribution >= 0.6 is 0 Å². The molecule has 0 saturated heterocycles. The lowest BCUT2D eigenvalue weighted by Crippen LogP contribution is -2.00. The first-order valence-corrected chi connectivity index (χ1v) is 17.5. The monoisotopic (exact) mass is 662 g/mol. The van der Waals surface area contributed by atoms with E-state index in [1.807, 2.05) is 6.07 Å². The molecule has 0 unspecified atom stereocenters. The minimum Gasteiger partial charge on any atom is -0.248 e. The van der Waals surface area contributed by atoms with Gasteiger partial charge >= 0.3 is 0 Å². The molecule has 0 N–H and O–H groups in total. The zero-order valence-corrected chi connectivity index (χ0v) is 28.1. The summed E-state index contributed by atoms with van der Waals surface area (Å²) in [5.74, 6) is 1.89. The molecule has 10 aromatic rings.